The molecule has 1 aliphatic heterocycles. The van der Waals surface area contributed by atoms with Gasteiger partial charge in [0.2, 0.25) is 0 Å². The van der Waals surface area contributed by atoms with Gasteiger partial charge in [-0.2, -0.15) is 0 Å². The molecule has 130 valence electrons. The first-order valence-corrected chi connectivity index (χ1v) is 9.32. The first-order chi connectivity index (χ1) is 10.5. The minimum absolute atomic E-state index is 0.00897. The predicted molar refractivity (Wildman–Crippen MR) is 90.9 cm³/mol. The first-order valence-electron chi connectivity index (χ1n) is 9.32. The molecule has 0 radical (unpaired) electrons. The molecule has 1 unspecified atom stereocenters. The maximum atomic E-state index is 11.9. The molecule has 1 aliphatic rings. The highest BCUT2D eigenvalue weighted by atomic mass is 16.5. The van der Waals surface area contributed by atoms with Gasteiger partial charge in [-0.15, -0.1) is 0 Å². The van der Waals surface area contributed by atoms with Gasteiger partial charge in [0, 0.05) is 6.61 Å². The van der Waals surface area contributed by atoms with Crippen molar-refractivity contribution in [2.24, 2.45) is 5.92 Å². The Morgan fingerprint density at radius 1 is 0.864 bits per heavy atom. The third kappa shape index (κ3) is 9.45. The van der Waals surface area contributed by atoms with E-state index in [4.69, 9.17) is 9.47 Å². The second-order valence-electron chi connectivity index (χ2n) is 7.40. The van der Waals surface area contributed by atoms with Gasteiger partial charge in [0.1, 0.15) is 0 Å². The van der Waals surface area contributed by atoms with Crippen LogP contribution in [0.1, 0.15) is 91.4 Å². The van der Waals surface area contributed by atoms with E-state index in [1.165, 1.54) is 44.9 Å². The third-order valence-corrected chi connectivity index (χ3v) is 4.59. The lowest BCUT2D eigenvalue weighted by Crippen LogP contribution is -2.25. The predicted octanol–water partition coefficient (Wildman–Crippen LogP) is 5.27. The molecule has 3 heteroatoms. The lowest BCUT2D eigenvalue weighted by Gasteiger charge is -2.26. The van der Waals surface area contributed by atoms with E-state index >= 15 is 0 Å². The van der Waals surface area contributed by atoms with Crippen LogP contribution in [0.5, 0.6) is 0 Å². The highest BCUT2D eigenvalue weighted by Gasteiger charge is 2.20. The Hall–Kier alpha value is -0.570. The second kappa shape index (κ2) is 11.0. The Labute approximate surface area is 137 Å². The molecule has 1 saturated heterocycles. The number of ether oxygens (including phenoxy) is 2. The van der Waals surface area contributed by atoms with Gasteiger partial charge in [-0.25, -0.2) is 0 Å². The normalized spacial score (nSPS) is 27.4. The van der Waals surface area contributed by atoms with Crippen molar-refractivity contribution >= 4 is 5.97 Å². The summed E-state index contributed by atoms with van der Waals surface area (Å²) in [6, 6.07) is 0. The molecule has 3 nitrogen and oxygen atoms in total. The SMILES string of the molecule is CC1CCCC(C)(C)OCCCCCCCCCCOC1=O. The van der Waals surface area contributed by atoms with E-state index in [1.54, 1.807) is 0 Å². The molecule has 0 N–H and O–H groups in total. The maximum Gasteiger partial charge on any atom is 0.308 e. The van der Waals surface area contributed by atoms with Gasteiger partial charge >= 0.3 is 5.97 Å². The summed E-state index contributed by atoms with van der Waals surface area (Å²) >= 11 is 0. The van der Waals surface area contributed by atoms with Crippen molar-refractivity contribution in [3.05, 3.63) is 0 Å². The smallest absolute Gasteiger partial charge is 0.308 e. The number of esters is 1. The number of hydrogen-bond acceptors (Lipinski definition) is 3. The van der Waals surface area contributed by atoms with Gasteiger partial charge in [0.05, 0.1) is 18.1 Å². The van der Waals surface area contributed by atoms with Crippen LogP contribution >= 0.6 is 0 Å². The van der Waals surface area contributed by atoms with Gasteiger partial charge in [-0.3, -0.25) is 4.79 Å². The zero-order valence-electron chi connectivity index (χ0n) is 15.0. The van der Waals surface area contributed by atoms with Crippen molar-refractivity contribution in [3.8, 4) is 0 Å². The fourth-order valence-electron chi connectivity index (χ4n) is 2.95. The molecule has 1 fully saturated rings. The molecule has 1 atom stereocenters. The molecule has 0 aliphatic carbocycles. The van der Waals surface area contributed by atoms with Crippen LogP contribution in [-0.2, 0) is 14.3 Å². The maximum absolute atomic E-state index is 11.9. The van der Waals surface area contributed by atoms with Crippen LogP contribution in [0.4, 0.5) is 0 Å². The lowest BCUT2D eigenvalue weighted by atomic mass is 9.96. The second-order valence-corrected chi connectivity index (χ2v) is 7.40. The summed E-state index contributed by atoms with van der Waals surface area (Å²) in [7, 11) is 0. The van der Waals surface area contributed by atoms with Crippen LogP contribution in [0.25, 0.3) is 0 Å². The zero-order valence-corrected chi connectivity index (χ0v) is 15.0. The summed E-state index contributed by atoms with van der Waals surface area (Å²) in [6.45, 7) is 7.76. The van der Waals surface area contributed by atoms with E-state index < -0.39 is 0 Å². The summed E-state index contributed by atoms with van der Waals surface area (Å²) in [5.41, 5.74) is -0.0743. The summed E-state index contributed by atoms with van der Waals surface area (Å²) in [5, 5.41) is 0. The van der Waals surface area contributed by atoms with Crippen molar-refractivity contribution in [2.75, 3.05) is 13.2 Å². The van der Waals surface area contributed by atoms with E-state index in [0.717, 1.165) is 32.3 Å². The Morgan fingerprint density at radius 2 is 1.41 bits per heavy atom. The highest BCUT2D eigenvalue weighted by Crippen LogP contribution is 2.21. The van der Waals surface area contributed by atoms with Gasteiger partial charge < -0.3 is 9.47 Å². The Balaban J connectivity index is 2.37. The monoisotopic (exact) mass is 312 g/mol. The summed E-state index contributed by atoms with van der Waals surface area (Å²) in [4.78, 5) is 11.9. The van der Waals surface area contributed by atoms with Crippen LogP contribution in [0.2, 0.25) is 0 Å². The van der Waals surface area contributed by atoms with Crippen molar-refractivity contribution in [2.45, 2.75) is 97.0 Å². The Kier molecular flexibility index (Phi) is 9.77. The standard InChI is InChI=1S/C19H36O3/c1-17-13-12-14-19(2,3)22-16-11-9-7-5-4-6-8-10-15-21-18(17)20/h17H,4-16H2,1-3H3. The fourth-order valence-corrected chi connectivity index (χ4v) is 2.95. The number of cyclic esters (lactones) is 1. The minimum Gasteiger partial charge on any atom is -0.465 e. The lowest BCUT2D eigenvalue weighted by molar-refractivity contribution is -0.148. The van der Waals surface area contributed by atoms with Crippen molar-refractivity contribution in [1.82, 2.24) is 0 Å². The quantitative estimate of drug-likeness (QED) is 0.572. The first kappa shape index (κ1) is 19.5. The van der Waals surface area contributed by atoms with Crippen LogP contribution in [0.3, 0.4) is 0 Å². The molecule has 1 rings (SSSR count). The molecular weight excluding hydrogens is 276 g/mol. The molecule has 0 aromatic heterocycles. The van der Waals surface area contributed by atoms with Gasteiger partial charge in [0.25, 0.3) is 0 Å². The van der Waals surface area contributed by atoms with Crippen molar-refractivity contribution in [3.63, 3.8) is 0 Å². The topological polar surface area (TPSA) is 35.5 Å². The van der Waals surface area contributed by atoms with E-state index in [1.807, 2.05) is 6.92 Å². The Bertz CT molecular complexity index is 299. The average molecular weight is 312 g/mol. The summed E-state index contributed by atoms with van der Waals surface area (Å²) in [6.07, 6.45) is 12.8. The molecule has 0 bridgehead atoms. The van der Waals surface area contributed by atoms with E-state index in [2.05, 4.69) is 13.8 Å². The van der Waals surface area contributed by atoms with Crippen LogP contribution in [-0.4, -0.2) is 24.8 Å². The highest BCUT2D eigenvalue weighted by molar-refractivity contribution is 5.71. The van der Waals surface area contributed by atoms with E-state index in [-0.39, 0.29) is 17.5 Å². The third-order valence-electron chi connectivity index (χ3n) is 4.59. The summed E-state index contributed by atoms with van der Waals surface area (Å²) < 4.78 is 11.4. The van der Waals surface area contributed by atoms with Gasteiger partial charge in [0.15, 0.2) is 0 Å². The molecule has 0 aromatic rings. The molecule has 22 heavy (non-hydrogen) atoms. The molecule has 0 saturated carbocycles. The molecule has 1 heterocycles. The number of carbonyl (C=O) groups excluding carboxylic acids is 1. The van der Waals surface area contributed by atoms with Crippen molar-refractivity contribution in [1.29, 1.82) is 0 Å². The molecule has 0 aromatic carbocycles. The van der Waals surface area contributed by atoms with Crippen LogP contribution < -0.4 is 0 Å². The molecule has 0 amide bonds. The van der Waals surface area contributed by atoms with Crippen molar-refractivity contribution < 1.29 is 14.3 Å². The number of carbonyl (C=O) groups is 1. The van der Waals surface area contributed by atoms with Gasteiger partial charge in [-0.1, -0.05) is 45.4 Å². The number of hydrogen-bond donors (Lipinski definition) is 0. The Morgan fingerprint density at radius 3 is 2.05 bits per heavy atom. The van der Waals surface area contributed by atoms with Gasteiger partial charge in [-0.05, 0) is 46.0 Å². The summed E-state index contributed by atoms with van der Waals surface area (Å²) in [5.74, 6) is -0.0190. The number of rotatable bonds is 0. The fraction of sp³-hybridized carbons (Fsp3) is 0.947. The minimum atomic E-state index is -0.0743. The molecule has 0 spiro atoms. The van der Waals surface area contributed by atoms with Crippen LogP contribution in [0, 0.1) is 5.92 Å². The zero-order chi connectivity index (χ0) is 16.3. The average Bonchev–Trinajstić information content (AvgIpc) is 2.46. The largest absolute Gasteiger partial charge is 0.465 e. The van der Waals surface area contributed by atoms with Crippen LogP contribution in [0.15, 0.2) is 0 Å². The van der Waals surface area contributed by atoms with E-state index in [0.29, 0.717) is 6.61 Å². The molecular formula is C19H36O3. The van der Waals surface area contributed by atoms with E-state index in [9.17, 15) is 4.79 Å².